The maximum absolute atomic E-state index is 11.8. The molecule has 1 saturated heterocycles. The van der Waals surface area contributed by atoms with Crippen LogP contribution in [-0.4, -0.2) is 29.9 Å². The van der Waals surface area contributed by atoms with Crippen LogP contribution < -0.4 is 0 Å². The topological polar surface area (TPSA) is 69.1 Å². The second-order valence-electron chi connectivity index (χ2n) is 3.58. The van der Waals surface area contributed by atoms with E-state index in [0.717, 1.165) is 0 Å². The van der Waals surface area contributed by atoms with Crippen molar-refractivity contribution in [2.75, 3.05) is 13.1 Å². The van der Waals surface area contributed by atoms with Crippen molar-refractivity contribution in [3.63, 3.8) is 0 Å². The molecule has 0 bridgehead atoms. The molecular formula is C10H9ClN4O. The highest BCUT2D eigenvalue weighted by molar-refractivity contribution is 6.30. The number of hydrogen-bond acceptors (Lipinski definition) is 2. The molecule has 1 aliphatic rings. The minimum Gasteiger partial charge on any atom is -0.338 e. The minimum atomic E-state index is -0.0822. The van der Waals surface area contributed by atoms with E-state index in [4.69, 9.17) is 17.1 Å². The van der Waals surface area contributed by atoms with Crippen LogP contribution in [0.4, 0.5) is 0 Å². The number of amides is 1. The summed E-state index contributed by atoms with van der Waals surface area (Å²) in [5.74, 6) is -0.0546. The molecule has 1 aliphatic heterocycles. The smallest absolute Gasteiger partial charge is 0.253 e. The third-order valence-corrected chi connectivity index (χ3v) is 2.71. The quantitative estimate of drug-likeness (QED) is 0.442. The number of azide groups is 1. The lowest BCUT2D eigenvalue weighted by Gasteiger charge is -2.36. The van der Waals surface area contributed by atoms with Crippen LogP contribution in [0.3, 0.4) is 0 Å². The lowest BCUT2D eigenvalue weighted by atomic mass is 10.1. The van der Waals surface area contributed by atoms with E-state index in [9.17, 15) is 4.79 Å². The van der Waals surface area contributed by atoms with E-state index in [0.29, 0.717) is 23.7 Å². The van der Waals surface area contributed by atoms with E-state index in [2.05, 4.69) is 10.0 Å². The first-order chi connectivity index (χ1) is 7.70. The molecule has 0 unspecified atom stereocenters. The van der Waals surface area contributed by atoms with Gasteiger partial charge in [0.05, 0.1) is 6.04 Å². The van der Waals surface area contributed by atoms with Gasteiger partial charge in [-0.15, -0.1) is 0 Å². The Labute approximate surface area is 97.2 Å². The van der Waals surface area contributed by atoms with Crippen molar-refractivity contribution in [1.82, 2.24) is 4.90 Å². The molecule has 5 nitrogen and oxygen atoms in total. The van der Waals surface area contributed by atoms with Crippen LogP contribution in [-0.2, 0) is 0 Å². The monoisotopic (exact) mass is 236 g/mol. The van der Waals surface area contributed by atoms with Gasteiger partial charge in [0.1, 0.15) is 0 Å². The van der Waals surface area contributed by atoms with Crippen molar-refractivity contribution >= 4 is 17.5 Å². The van der Waals surface area contributed by atoms with E-state index in [1.54, 1.807) is 29.2 Å². The largest absolute Gasteiger partial charge is 0.338 e. The number of nitrogens with zero attached hydrogens (tertiary/aromatic N) is 4. The van der Waals surface area contributed by atoms with Gasteiger partial charge in [0.2, 0.25) is 0 Å². The van der Waals surface area contributed by atoms with Gasteiger partial charge in [0.25, 0.3) is 5.91 Å². The summed E-state index contributed by atoms with van der Waals surface area (Å²) >= 11 is 5.73. The average molecular weight is 237 g/mol. The lowest BCUT2D eigenvalue weighted by molar-refractivity contribution is 0.0608. The normalized spacial score (nSPS) is 15.2. The first kappa shape index (κ1) is 10.8. The molecule has 0 atom stereocenters. The van der Waals surface area contributed by atoms with Gasteiger partial charge in [-0.1, -0.05) is 16.7 Å². The molecular weight excluding hydrogens is 228 g/mol. The number of carbonyl (C=O) groups excluding carboxylic acids is 1. The predicted octanol–water partition coefficient (Wildman–Crippen LogP) is 2.47. The molecule has 1 fully saturated rings. The Hall–Kier alpha value is -1.71. The molecule has 0 saturated carbocycles. The van der Waals surface area contributed by atoms with Gasteiger partial charge < -0.3 is 4.90 Å². The zero-order valence-corrected chi connectivity index (χ0v) is 9.13. The molecule has 1 amide bonds. The number of benzene rings is 1. The Morgan fingerprint density at radius 2 is 2.06 bits per heavy atom. The number of rotatable bonds is 2. The summed E-state index contributed by atoms with van der Waals surface area (Å²) < 4.78 is 0. The summed E-state index contributed by atoms with van der Waals surface area (Å²) in [6.07, 6.45) is 0. The molecule has 1 aromatic carbocycles. The first-order valence-electron chi connectivity index (χ1n) is 4.80. The summed E-state index contributed by atoms with van der Waals surface area (Å²) in [6, 6.07) is 6.65. The minimum absolute atomic E-state index is 0.0546. The number of carbonyl (C=O) groups is 1. The molecule has 0 radical (unpaired) electrons. The first-order valence-corrected chi connectivity index (χ1v) is 5.17. The molecule has 0 aromatic heterocycles. The Kier molecular flexibility index (Phi) is 2.99. The third kappa shape index (κ3) is 2.10. The fourth-order valence-electron chi connectivity index (χ4n) is 1.54. The number of hydrogen-bond donors (Lipinski definition) is 0. The van der Waals surface area contributed by atoms with Crippen LogP contribution in [0.5, 0.6) is 0 Å². The number of halogens is 1. The third-order valence-electron chi connectivity index (χ3n) is 2.46. The van der Waals surface area contributed by atoms with Crippen molar-refractivity contribution in [1.29, 1.82) is 0 Å². The maximum Gasteiger partial charge on any atom is 0.253 e. The van der Waals surface area contributed by atoms with Gasteiger partial charge in [0, 0.05) is 28.6 Å². The Balaban J connectivity index is 2.00. The van der Waals surface area contributed by atoms with Crippen molar-refractivity contribution in [3.8, 4) is 0 Å². The highest BCUT2D eigenvalue weighted by Gasteiger charge is 2.30. The Morgan fingerprint density at radius 3 is 2.62 bits per heavy atom. The number of likely N-dealkylation sites (tertiary alicyclic amines) is 1. The average Bonchev–Trinajstić information content (AvgIpc) is 2.23. The van der Waals surface area contributed by atoms with E-state index in [1.807, 2.05) is 0 Å². The van der Waals surface area contributed by atoms with Crippen molar-refractivity contribution in [2.45, 2.75) is 6.04 Å². The van der Waals surface area contributed by atoms with Crippen molar-refractivity contribution in [3.05, 3.63) is 45.3 Å². The molecule has 16 heavy (non-hydrogen) atoms. The Morgan fingerprint density at radius 1 is 1.44 bits per heavy atom. The van der Waals surface area contributed by atoms with Crippen LogP contribution in [0.2, 0.25) is 5.02 Å². The van der Waals surface area contributed by atoms with Crippen LogP contribution in [0.1, 0.15) is 10.4 Å². The fourth-order valence-corrected chi connectivity index (χ4v) is 1.67. The van der Waals surface area contributed by atoms with Gasteiger partial charge >= 0.3 is 0 Å². The molecule has 0 spiro atoms. The van der Waals surface area contributed by atoms with Crippen LogP contribution in [0.25, 0.3) is 10.4 Å². The molecule has 82 valence electrons. The highest BCUT2D eigenvalue weighted by Crippen LogP contribution is 2.17. The van der Waals surface area contributed by atoms with E-state index in [-0.39, 0.29) is 11.9 Å². The second kappa shape index (κ2) is 4.43. The van der Waals surface area contributed by atoms with Crippen LogP contribution >= 0.6 is 11.6 Å². The summed E-state index contributed by atoms with van der Waals surface area (Å²) in [5, 5.41) is 4.14. The molecule has 6 heteroatoms. The molecule has 2 rings (SSSR count). The molecule has 1 heterocycles. The maximum atomic E-state index is 11.8. The Bertz CT molecular complexity index is 446. The van der Waals surface area contributed by atoms with Crippen LogP contribution in [0.15, 0.2) is 29.4 Å². The summed E-state index contributed by atoms with van der Waals surface area (Å²) in [4.78, 5) is 16.2. The summed E-state index contributed by atoms with van der Waals surface area (Å²) in [6.45, 7) is 0.983. The lowest BCUT2D eigenvalue weighted by Crippen LogP contribution is -2.52. The fraction of sp³-hybridized carbons (Fsp3) is 0.300. The predicted molar refractivity (Wildman–Crippen MR) is 60.3 cm³/mol. The van der Waals surface area contributed by atoms with E-state index >= 15 is 0 Å². The van der Waals surface area contributed by atoms with Gasteiger partial charge in [-0.25, -0.2) is 0 Å². The SMILES string of the molecule is [N-]=[N+]=NC1CN(C(=O)c2ccc(Cl)cc2)C1. The second-order valence-corrected chi connectivity index (χ2v) is 4.01. The summed E-state index contributed by atoms with van der Waals surface area (Å²) in [7, 11) is 0. The van der Waals surface area contributed by atoms with Gasteiger partial charge in [-0.3, -0.25) is 4.79 Å². The molecule has 0 N–H and O–H groups in total. The molecule has 0 aliphatic carbocycles. The van der Waals surface area contributed by atoms with E-state index < -0.39 is 0 Å². The van der Waals surface area contributed by atoms with E-state index in [1.165, 1.54) is 0 Å². The van der Waals surface area contributed by atoms with Crippen molar-refractivity contribution < 1.29 is 4.79 Å². The van der Waals surface area contributed by atoms with Crippen LogP contribution in [0, 0.1) is 0 Å². The van der Waals surface area contributed by atoms with Crippen molar-refractivity contribution in [2.24, 2.45) is 5.11 Å². The van der Waals surface area contributed by atoms with Gasteiger partial charge in [0.15, 0.2) is 0 Å². The zero-order chi connectivity index (χ0) is 11.5. The zero-order valence-electron chi connectivity index (χ0n) is 8.38. The van der Waals surface area contributed by atoms with Gasteiger partial charge in [-0.05, 0) is 29.8 Å². The standard InChI is InChI=1S/C10H9ClN4O/c11-8-3-1-7(2-4-8)10(16)15-5-9(6-15)13-14-12/h1-4,9H,5-6H2. The van der Waals surface area contributed by atoms with Gasteiger partial charge in [-0.2, -0.15) is 0 Å². The highest BCUT2D eigenvalue weighted by atomic mass is 35.5. The molecule has 1 aromatic rings. The summed E-state index contributed by atoms with van der Waals surface area (Å²) in [5.41, 5.74) is 8.82.